The van der Waals surface area contributed by atoms with Crippen LogP contribution in [-0.2, 0) is 16.0 Å². The molecule has 1 saturated heterocycles. The van der Waals surface area contributed by atoms with Crippen LogP contribution in [-0.4, -0.2) is 60.5 Å². The molecule has 2 heterocycles. The van der Waals surface area contributed by atoms with Gasteiger partial charge >= 0.3 is 5.97 Å². The minimum atomic E-state index is -1.03. The van der Waals surface area contributed by atoms with E-state index < -0.39 is 12.0 Å². The molecule has 202 valence electrons. The standard InChI is InChI=1S/C30H26ClN5O4/c31-24-13-14-26(36-19-32-33-34-36)23(18-24)12-15-28(38)35-16-4-7-25(21-5-2-1-3-6-21)29(35)27(37)17-20-8-10-22(11-9-20)30(39)40/h1-3,5-6,8-15,18-19,25,29H,4,7,16-17H2,(H,39,40)/b15-12+/t25-,29-/m0/s1. The second kappa shape index (κ2) is 12.0. The van der Waals surface area contributed by atoms with Crippen molar-refractivity contribution in [2.24, 2.45) is 0 Å². The molecule has 2 atom stereocenters. The van der Waals surface area contributed by atoms with Gasteiger partial charge in [0.05, 0.1) is 17.3 Å². The third-order valence-electron chi connectivity index (χ3n) is 7.04. The first-order valence-electron chi connectivity index (χ1n) is 12.8. The smallest absolute Gasteiger partial charge is 0.335 e. The summed E-state index contributed by atoms with van der Waals surface area (Å²) in [5, 5.41) is 21.0. The van der Waals surface area contributed by atoms with Crippen molar-refractivity contribution in [3.63, 3.8) is 0 Å². The monoisotopic (exact) mass is 555 g/mol. The van der Waals surface area contributed by atoms with Crippen LogP contribution >= 0.6 is 11.6 Å². The zero-order valence-corrected chi connectivity index (χ0v) is 22.2. The Labute approximate surface area is 235 Å². The Morgan fingerprint density at radius 2 is 1.80 bits per heavy atom. The van der Waals surface area contributed by atoms with E-state index in [4.69, 9.17) is 11.6 Å². The Balaban J connectivity index is 1.44. The number of tetrazole rings is 1. The number of benzene rings is 3. The summed E-state index contributed by atoms with van der Waals surface area (Å²) in [5.74, 6) is -1.58. The molecule has 4 aromatic rings. The van der Waals surface area contributed by atoms with Crippen molar-refractivity contribution in [2.45, 2.75) is 31.2 Å². The maximum absolute atomic E-state index is 13.8. The molecule has 0 aliphatic carbocycles. The molecular weight excluding hydrogens is 530 g/mol. The maximum atomic E-state index is 13.8. The lowest BCUT2D eigenvalue weighted by Gasteiger charge is -2.40. The summed E-state index contributed by atoms with van der Waals surface area (Å²) in [6.45, 7) is 0.441. The van der Waals surface area contributed by atoms with Gasteiger partial charge in [-0.1, -0.05) is 54.1 Å². The third kappa shape index (κ3) is 6.00. The normalized spacial score (nSPS) is 17.2. The minimum absolute atomic E-state index is 0.0825. The lowest BCUT2D eigenvalue weighted by molar-refractivity contribution is -0.138. The molecular formula is C30H26ClN5O4. The topological polar surface area (TPSA) is 118 Å². The zero-order valence-electron chi connectivity index (χ0n) is 21.4. The molecule has 0 spiro atoms. The van der Waals surface area contributed by atoms with Crippen LogP contribution in [0.25, 0.3) is 11.8 Å². The number of likely N-dealkylation sites (tertiary alicyclic amines) is 1. The van der Waals surface area contributed by atoms with Crippen LogP contribution in [0.15, 0.2) is 85.2 Å². The van der Waals surface area contributed by atoms with Crippen molar-refractivity contribution in [1.82, 2.24) is 25.1 Å². The van der Waals surface area contributed by atoms with E-state index in [0.717, 1.165) is 18.4 Å². The van der Waals surface area contributed by atoms with E-state index in [2.05, 4.69) is 15.5 Å². The lowest BCUT2D eigenvalue weighted by Crippen LogP contribution is -2.51. The molecule has 10 heteroatoms. The average Bonchev–Trinajstić information content (AvgIpc) is 3.51. The molecule has 3 aromatic carbocycles. The third-order valence-corrected chi connectivity index (χ3v) is 7.28. The lowest BCUT2D eigenvalue weighted by atomic mass is 9.80. The molecule has 1 aliphatic rings. The number of carboxylic acid groups (broad SMARTS) is 1. The highest BCUT2D eigenvalue weighted by Gasteiger charge is 2.39. The van der Waals surface area contributed by atoms with Gasteiger partial charge in [0.1, 0.15) is 6.33 Å². The van der Waals surface area contributed by atoms with Crippen LogP contribution in [0.4, 0.5) is 0 Å². The van der Waals surface area contributed by atoms with Gasteiger partial charge in [0.15, 0.2) is 5.78 Å². The summed E-state index contributed by atoms with van der Waals surface area (Å²) in [5.41, 5.74) is 3.14. The van der Waals surface area contributed by atoms with E-state index in [1.807, 2.05) is 30.3 Å². The molecule has 1 N–H and O–H groups in total. The van der Waals surface area contributed by atoms with E-state index in [0.29, 0.717) is 28.4 Å². The van der Waals surface area contributed by atoms with Gasteiger partial charge in [-0.2, -0.15) is 4.68 Å². The van der Waals surface area contributed by atoms with Crippen LogP contribution in [0.3, 0.4) is 0 Å². The van der Waals surface area contributed by atoms with E-state index in [-0.39, 0.29) is 29.6 Å². The molecule has 1 fully saturated rings. The van der Waals surface area contributed by atoms with Crippen LogP contribution < -0.4 is 0 Å². The van der Waals surface area contributed by atoms with Crippen LogP contribution in [0.2, 0.25) is 5.02 Å². The van der Waals surface area contributed by atoms with E-state index in [9.17, 15) is 19.5 Å². The number of carbonyl (C=O) groups excluding carboxylic acids is 2. The summed E-state index contributed by atoms with van der Waals surface area (Å²) in [6.07, 6.45) is 6.17. The molecule has 0 radical (unpaired) electrons. The number of nitrogens with zero attached hydrogens (tertiary/aromatic N) is 5. The second-order valence-corrected chi connectivity index (χ2v) is 10.0. The fraction of sp³-hybridized carbons (Fsp3) is 0.200. The number of ketones is 1. The highest BCUT2D eigenvalue weighted by atomic mass is 35.5. The number of aromatic carboxylic acids is 1. The molecule has 1 amide bonds. The number of carbonyl (C=O) groups is 3. The van der Waals surface area contributed by atoms with Crippen molar-refractivity contribution in [1.29, 1.82) is 0 Å². The number of hydrogen-bond acceptors (Lipinski definition) is 6. The van der Waals surface area contributed by atoms with Crippen molar-refractivity contribution in [2.75, 3.05) is 6.54 Å². The Kier molecular flexibility index (Phi) is 8.12. The van der Waals surface area contributed by atoms with Crippen molar-refractivity contribution in [3.05, 3.63) is 112 Å². The Bertz CT molecular complexity index is 1540. The first-order valence-corrected chi connectivity index (χ1v) is 13.2. The molecule has 0 unspecified atom stereocenters. The summed E-state index contributed by atoms with van der Waals surface area (Å²) in [4.78, 5) is 40.4. The Morgan fingerprint density at radius 3 is 2.50 bits per heavy atom. The van der Waals surface area contributed by atoms with Crippen molar-refractivity contribution < 1.29 is 19.5 Å². The van der Waals surface area contributed by atoms with Gasteiger partial charge in [-0.15, -0.1) is 5.10 Å². The first kappa shape index (κ1) is 27.0. The van der Waals surface area contributed by atoms with Gasteiger partial charge in [-0.05, 0) is 70.8 Å². The number of halogens is 1. The Hall–Kier alpha value is -4.63. The molecule has 0 saturated carbocycles. The van der Waals surface area contributed by atoms with Gasteiger partial charge in [-0.25, -0.2) is 4.79 Å². The van der Waals surface area contributed by atoms with Crippen molar-refractivity contribution >= 4 is 35.3 Å². The first-order chi connectivity index (χ1) is 19.4. The number of hydrogen-bond donors (Lipinski definition) is 1. The summed E-state index contributed by atoms with van der Waals surface area (Å²) in [6, 6.07) is 20.5. The SMILES string of the molecule is O=C(O)c1ccc(CC(=O)[C@@H]2[C@H](c3ccccc3)CCCN2C(=O)/C=C/c2cc(Cl)ccc2-n2cnnn2)cc1. The molecule has 5 rings (SSSR count). The number of aromatic nitrogens is 4. The molecule has 40 heavy (non-hydrogen) atoms. The van der Waals surface area contributed by atoms with Gasteiger partial charge < -0.3 is 10.0 Å². The zero-order chi connectivity index (χ0) is 28.1. The molecule has 1 aromatic heterocycles. The number of amides is 1. The fourth-order valence-corrected chi connectivity index (χ4v) is 5.34. The molecule has 9 nitrogen and oxygen atoms in total. The number of carboxylic acids is 1. The summed E-state index contributed by atoms with van der Waals surface area (Å²) < 4.78 is 1.48. The van der Waals surface area contributed by atoms with Gasteiger partial charge in [0.25, 0.3) is 0 Å². The van der Waals surface area contributed by atoms with E-state index in [1.54, 1.807) is 41.3 Å². The fourth-order valence-electron chi connectivity index (χ4n) is 5.16. The summed E-state index contributed by atoms with van der Waals surface area (Å²) >= 11 is 6.23. The number of piperidine rings is 1. The predicted octanol–water partition coefficient (Wildman–Crippen LogP) is 4.61. The quantitative estimate of drug-likeness (QED) is 0.315. The second-order valence-electron chi connectivity index (χ2n) is 9.57. The van der Waals surface area contributed by atoms with E-state index >= 15 is 0 Å². The predicted molar refractivity (Wildman–Crippen MR) is 149 cm³/mol. The largest absolute Gasteiger partial charge is 0.478 e. The molecule has 0 bridgehead atoms. The van der Waals surface area contributed by atoms with Crippen molar-refractivity contribution in [3.8, 4) is 5.69 Å². The van der Waals surface area contributed by atoms with Gasteiger partial charge in [0.2, 0.25) is 5.91 Å². The number of Topliss-reactive ketones (excluding diaryl/α,β-unsaturated/α-hetero) is 1. The van der Waals surface area contributed by atoms with Crippen LogP contribution in [0.5, 0.6) is 0 Å². The molecule has 1 aliphatic heterocycles. The Morgan fingerprint density at radius 1 is 1.02 bits per heavy atom. The highest BCUT2D eigenvalue weighted by Crippen LogP contribution is 2.34. The maximum Gasteiger partial charge on any atom is 0.335 e. The summed E-state index contributed by atoms with van der Waals surface area (Å²) in [7, 11) is 0. The minimum Gasteiger partial charge on any atom is -0.478 e. The average molecular weight is 556 g/mol. The highest BCUT2D eigenvalue weighted by molar-refractivity contribution is 6.30. The number of rotatable bonds is 8. The van der Waals surface area contributed by atoms with E-state index in [1.165, 1.54) is 29.2 Å². The van der Waals surface area contributed by atoms with Crippen LogP contribution in [0, 0.1) is 0 Å². The van der Waals surface area contributed by atoms with Gasteiger partial charge in [-0.3, -0.25) is 9.59 Å². The van der Waals surface area contributed by atoms with Gasteiger partial charge in [0, 0.05) is 35.5 Å². The van der Waals surface area contributed by atoms with Crippen LogP contribution in [0.1, 0.15) is 45.8 Å².